The first-order valence-electron chi connectivity index (χ1n) is 15.5. The Morgan fingerprint density at radius 1 is 0.913 bits per heavy atom. The van der Waals surface area contributed by atoms with Crippen molar-refractivity contribution in [2.75, 3.05) is 43.1 Å². The molecule has 2 fully saturated rings. The number of likely N-dealkylation sites (tertiary alicyclic amines) is 1. The fourth-order valence-electron chi connectivity index (χ4n) is 6.48. The lowest BCUT2D eigenvalue weighted by Gasteiger charge is -2.25. The molecule has 8 nitrogen and oxygen atoms in total. The fourth-order valence-corrected chi connectivity index (χ4v) is 8.44. The van der Waals surface area contributed by atoms with Gasteiger partial charge in [0, 0.05) is 65.8 Å². The van der Waals surface area contributed by atoms with Gasteiger partial charge < -0.3 is 9.80 Å². The SMILES string of the molecule is CS(=O)(=O)c1ccc2c(=O)n(-c3cccc(Cl)c3)c(SCCCCCC(=O)N3CCC4(CCN(c5ccc(Cl)cc5)C4)C3)nc2c1. The number of anilines is 1. The minimum atomic E-state index is -3.46. The number of halogens is 2. The molecule has 6 rings (SSSR count). The van der Waals surface area contributed by atoms with Crippen molar-refractivity contribution in [1.29, 1.82) is 0 Å². The number of thioether (sulfide) groups is 1. The van der Waals surface area contributed by atoms with E-state index in [0.29, 0.717) is 38.9 Å². The van der Waals surface area contributed by atoms with E-state index in [1.54, 1.807) is 24.3 Å². The average Bonchev–Trinajstić information content (AvgIpc) is 3.65. The van der Waals surface area contributed by atoms with Crippen LogP contribution in [0.3, 0.4) is 0 Å². The molecule has 12 heteroatoms. The van der Waals surface area contributed by atoms with Gasteiger partial charge in [0.15, 0.2) is 15.0 Å². The maximum atomic E-state index is 13.6. The number of benzene rings is 3. The Morgan fingerprint density at radius 3 is 2.46 bits per heavy atom. The standard InChI is InChI=1S/C34H36Cl2N4O4S2/c1-46(43,44)28-13-14-29-30(21-28)37-33(40(32(29)42)27-7-5-6-25(36)20-27)45-19-4-2-3-8-31(41)39-18-16-34(23-39)15-17-38(22-34)26-11-9-24(35)10-12-26/h5-7,9-14,20-21H,2-4,8,15-19,22-23H2,1H3. The molecule has 1 atom stereocenters. The van der Waals surface area contributed by atoms with E-state index in [0.717, 1.165) is 69.6 Å². The summed E-state index contributed by atoms with van der Waals surface area (Å²) in [6.45, 7) is 3.60. The molecule has 2 aliphatic rings. The Balaban J connectivity index is 1.04. The van der Waals surface area contributed by atoms with Gasteiger partial charge in [-0.05, 0) is 86.3 Å². The summed E-state index contributed by atoms with van der Waals surface area (Å²) < 4.78 is 25.8. The Bertz CT molecular complexity index is 1930. The molecular formula is C34H36Cl2N4O4S2. The van der Waals surface area contributed by atoms with Crippen molar-refractivity contribution in [2.24, 2.45) is 5.41 Å². The summed E-state index contributed by atoms with van der Waals surface area (Å²) in [5, 5.41) is 2.03. The number of rotatable bonds is 10. The predicted octanol–water partition coefficient (Wildman–Crippen LogP) is 6.88. The molecule has 242 valence electrons. The molecule has 1 unspecified atom stereocenters. The number of sulfone groups is 1. The van der Waals surface area contributed by atoms with Gasteiger partial charge in [-0.2, -0.15) is 0 Å². The molecule has 2 saturated heterocycles. The summed E-state index contributed by atoms with van der Waals surface area (Å²) >= 11 is 13.8. The average molecular weight is 700 g/mol. The lowest BCUT2D eigenvalue weighted by Crippen LogP contribution is -2.34. The van der Waals surface area contributed by atoms with Crippen LogP contribution in [0.15, 0.2) is 81.6 Å². The number of carbonyl (C=O) groups is 1. The zero-order chi connectivity index (χ0) is 32.5. The lowest BCUT2D eigenvalue weighted by molar-refractivity contribution is -0.130. The van der Waals surface area contributed by atoms with Crippen LogP contribution in [-0.4, -0.2) is 67.0 Å². The summed E-state index contributed by atoms with van der Waals surface area (Å²) in [7, 11) is -3.46. The number of hydrogen-bond acceptors (Lipinski definition) is 7. The van der Waals surface area contributed by atoms with Crippen LogP contribution in [0.1, 0.15) is 38.5 Å². The van der Waals surface area contributed by atoms with Crippen LogP contribution in [0, 0.1) is 5.41 Å². The van der Waals surface area contributed by atoms with Gasteiger partial charge in [0.25, 0.3) is 5.56 Å². The van der Waals surface area contributed by atoms with Gasteiger partial charge >= 0.3 is 0 Å². The monoisotopic (exact) mass is 698 g/mol. The number of fused-ring (bicyclic) bond motifs is 1. The van der Waals surface area contributed by atoms with Crippen molar-refractivity contribution >= 4 is 67.3 Å². The van der Waals surface area contributed by atoms with E-state index in [-0.39, 0.29) is 21.8 Å². The van der Waals surface area contributed by atoms with E-state index >= 15 is 0 Å². The molecule has 0 radical (unpaired) electrons. The second-order valence-electron chi connectivity index (χ2n) is 12.3. The molecule has 1 amide bonds. The minimum absolute atomic E-state index is 0.115. The molecule has 0 aliphatic carbocycles. The summed E-state index contributed by atoms with van der Waals surface area (Å²) in [5.74, 6) is 0.911. The minimum Gasteiger partial charge on any atom is -0.371 e. The van der Waals surface area contributed by atoms with E-state index in [1.807, 2.05) is 17.0 Å². The zero-order valence-corrected chi connectivity index (χ0v) is 28.8. The van der Waals surface area contributed by atoms with E-state index < -0.39 is 9.84 Å². The predicted molar refractivity (Wildman–Crippen MR) is 187 cm³/mol. The van der Waals surface area contributed by atoms with E-state index in [4.69, 9.17) is 28.2 Å². The first kappa shape index (κ1) is 32.9. The molecule has 0 bridgehead atoms. The summed E-state index contributed by atoms with van der Waals surface area (Å²) in [5.41, 5.74) is 1.99. The highest BCUT2D eigenvalue weighted by molar-refractivity contribution is 7.99. The van der Waals surface area contributed by atoms with Gasteiger partial charge in [0.1, 0.15) is 0 Å². The number of carbonyl (C=O) groups excluding carboxylic acids is 1. The number of hydrogen-bond donors (Lipinski definition) is 0. The van der Waals surface area contributed by atoms with Crippen molar-refractivity contribution in [2.45, 2.75) is 48.6 Å². The summed E-state index contributed by atoms with van der Waals surface area (Å²) in [4.78, 5) is 36.0. The summed E-state index contributed by atoms with van der Waals surface area (Å²) in [6.07, 6.45) is 6.29. The molecule has 0 N–H and O–H groups in total. The van der Waals surface area contributed by atoms with Gasteiger partial charge in [-0.1, -0.05) is 47.5 Å². The van der Waals surface area contributed by atoms with Crippen LogP contribution in [0.4, 0.5) is 5.69 Å². The molecule has 1 aromatic heterocycles. The van der Waals surface area contributed by atoms with Gasteiger partial charge in [-0.25, -0.2) is 13.4 Å². The van der Waals surface area contributed by atoms with Gasteiger partial charge in [-0.3, -0.25) is 14.2 Å². The van der Waals surface area contributed by atoms with Crippen LogP contribution < -0.4 is 10.5 Å². The van der Waals surface area contributed by atoms with Crippen molar-refractivity contribution < 1.29 is 13.2 Å². The molecule has 3 heterocycles. The Labute approximate surface area is 283 Å². The largest absolute Gasteiger partial charge is 0.371 e. The maximum absolute atomic E-state index is 13.6. The van der Waals surface area contributed by atoms with Crippen LogP contribution >= 0.6 is 35.0 Å². The van der Waals surface area contributed by atoms with Gasteiger partial charge in [-0.15, -0.1) is 0 Å². The van der Waals surface area contributed by atoms with Crippen LogP contribution in [0.2, 0.25) is 10.0 Å². The van der Waals surface area contributed by atoms with Crippen LogP contribution in [0.25, 0.3) is 16.6 Å². The Hall–Kier alpha value is -3.05. The Morgan fingerprint density at radius 2 is 1.70 bits per heavy atom. The van der Waals surface area contributed by atoms with Gasteiger partial charge in [0.2, 0.25) is 5.91 Å². The second-order valence-corrected chi connectivity index (χ2v) is 16.3. The topological polar surface area (TPSA) is 92.6 Å². The molecule has 2 aliphatic heterocycles. The molecule has 0 saturated carbocycles. The van der Waals surface area contributed by atoms with Crippen molar-refractivity contribution in [1.82, 2.24) is 14.5 Å². The molecule has 46 heavy (non-hydrogen) atoms. The highest BCUT2D eigenvalue weighted by Gasteiger charge is 2.44. The fraction of sp³-hybridized carbons (Fsp3) is 0.382. The lowest BCUT2D eigenvalue weighted by atomic mass is 9.86. The van der Waals surface area contributed by atoms with Crippen molar-refractivity contribution in [3.05, 3.63) is 87.1 Å². The zero-order valence-electron chi connectivity index (χ0n) is 25.6. The number of amides is 1. The number of nitrogens with zero attached hydrogens (tertiary/aromatic N) is 4. The van der Waals surface area contributed by atoms with Crippen molar-refractivity contribution in [3.63, 3.8) is 0 Å². The molecule has 1 spiro atoms. The first-order valence-corrected chi connectivity index (χ1v) is 19.1. The maximum Gasteiger partial charge on any atom is 0.266 e. The van der Waals surface area contributed by atoms with E-state index in [9.17, 15) is 18.0 Å². The highest BCUT2D eigenvalue weighted by atomic mass is 35.5. The third-order valence-electron chi connectivity index (χ3n) is 8.99. The third-order valence-corrected chi connectivity index (χ3v) is 11.6. The van der Waals surface area contributed by atoms with Gasteiger partial charge in [0.05, 0.1) is 21.5 Å². The quantitative estimate of drug-likeness (QED) is 0.101. The molecular weight excluding hydrogens is 663 g/mol. The van der Waals surface area contributed by atoms with E-state index in [1.165, 1.54) is 40.2 Å². The normalized spacial score (nSPS) is 18.2. The van der Waals surface area contributed by atoms with Crippen LogP contribution in [0.5, 0.6) is 0 Å². The van der Waals surface area contributed by atoms with Crippen molar-refractivity contribution in [3.8, 4) is 5.69 Å². The third kappa shape index (κ3) is 7.25. The highest BCUT2D eigenvalue weighted by Crippen LogP contribution is 2.41. The van der Waals surface area contributed by atoms with E-state index in [2.05, 4.69) is 17.0 Å². The second kappa shape index (κ2) is 13.6. The summed E-state index contributed by atoms with van der Waals surface area (Å²) in [6, 6.07) is 19.4. The number of unbranched alkanes of at least 4 members (excludes halogenated alkanes) is 2. The number of aromatic nitrogens is 2. The Kier molecular flexibility index (Phi) is 9.71. The van der Waals surface area contributed by atoms with Crippen LogP contribution in [-0.2, 0) is 14.6 Å². The first-order chi connectivity index (χ1) is 22.0. The molecule has 3 aromatic carbocycles. The molecule has 4 aromatic rings. The smallest absolute Gasteiger partial charge is 0.266 e.